The van der Waals surface area contributed by atoms with Crippen molar-refractivity contribution in [2.45, 2.75) is 50.9 Å². The van der Waals surface area contributed by atoms with Gasteiger partial charge in [-0.15, -0.1) is 0 Å². The van der Waals surface area contributed by atoms with Gasteiger partial charge < -0.3 is 15.3 Å². The zero-order valence-electron chi connectivity index (χ0n) is 17.8. The summed E-state index contributed by atoms with van der Waals surface area (Å²) in [6.07, 6.45) is 5.08. The summed E-state index contributed by atoms with van der Waals surface area (Å²) in [4.78, 5) is 26.9. The molecule has 1 amide bonds. The first-order valence-electron chi connectivity index (χ1n) is 10.9. The van der Waals surface area contributed by atoms with E-state index in [2.05, 4.69) is 29.6 Å². The molecule has 5 nitrogen and oxygen atoms in total. The van der Waals surface area contributed by atoms with Crippen molar-refractivity contribution in [1.82, 2.24) is 4.90 Å². The third-order valence-electron chi connectivity index (χ3n) is 6.86. The molecule has 1 saturated heterocycles. The van der Waals surface area contributed by atoms with Gasteiger partial charge in [0.15, 0.2) is 0 Å². The van der Waals surface area contributed by atoms with Gasteiger partial charge in [0.2, 0.25) is 0 Å². The van der Waals surface area contributed by atoms with Gasteiger partial charge in [0.1, 0.15) is 0 Å². The molecule has 2 aromatic rings. The van der Waals surface area contributed by atoms with Gasteiger partial charge in [0.25, 0.3) is 5.91 Å². The molecule has 0 bridgehead atoms. The molecule has 4 rings (SSSR count). The zero-order chi connectivity index (χ0) is 21.3. The van der Waals surface area contributed by atoms with Gasteiger partial charge >= 0.3 is 5.97 Å². The van der Waals surface area contributed by atoms with Crippen molar-refractivity contribution in [2.75, 3.05) is 25.5 Å². The number of anilines is 1. The molecule has 2 aliphatic rings. The van der Waals surface area contributed by atoms with Gasteiger partial charge in [-0.05, 0) is 79.3 Å². The first-order valence-corrected chi connectivity index (χ1v) is 10.9. The molecule has 158 valence electrons. The highest BCUT2D eigenvalue weighted by Gasteiger charge is 2.29. The quantitative estimate of drug-likeness (QED) is 0.731. The third-order valence-corrected chi connectivity index (χ3v) is 6.86. The maximum absolute atomic E-state index is 13.2. The standard InChI is InChI=1S/C25H30N2O3/c1-16-14-22(19-4-3-5-19)23(25(29)30)15-21(16)24(28)27-12-10-18(11-13-27)17-6-8-20(26-2)9-7-17/h6-9,14-15,18-19,26H,3-5,10-13H2,1-2H3,(H,29,30). The second-order valence-corrected chi connectivity index (χ2v) is 8.63. The van der Waals surface area contributed by atoms with Crippen molar-refractivity contribution in [3.05, 3.63) is 64.2 Å². The topological polar surface area (TPSA) is 69.6 Å². The number of rotatable bonds is 5. The van der Waals surface area contributed by atoms with Crippen molar-refractivity contribution in [3.8, 4) is 0 Å². The average Bonchev–Trinajstić information content (AvgIpc) is 2.72. The molecule has 1 heterocycles. The normalized spacial score (nSPS) is 17.5. The van der Waals surface area contributed by atoms with E-state index in [0.717, 1.165) is 48.9 Å². The molecule has 2 fully saturated rings. The van der Waals surface area contributed by atoms with E-state index in [9.17, 15) is 14.7 Å². The SMILES string of the molecule is CNc1ccc(C2CCN(C(=O)c3cc(C(=O)O)c(C4CCC4)cc3C)CC2)cc1. The van der Waals surface area contributed by atoms with Crippen LogP contribution in [-0.2, 0) is 0 Å². The Morgan fingerprint density at radius 1 is 0.967 bits per heavy atom. The number of hydrogen-bond acceptors (Lipinski definition) is 3. The molecule has 30 heavy (non-hydrogen) atoms. The summed E-state index contributed by atoms with van der Waals surface area (Å²) in [6, 6.07) is 12.1. The van der Waals surface area contributed by atoms with Crippen molar-refractivity contribution in [1.29, 1.82) is 0 Å². The van der Waals surface area contributed by atoms with Crippen molar-refractivity contribution >= 4 is 17.6 Å². The van der Waals surface area contributed by atoms with E-state index in [1.165, 1.54) is 5.56 Å². The highest BCUT2D eigenvalue weighted by Crippen LogP contribution is 2.39. The minimum atomic E-state index is -0.935. The molecule has 0 unspecified atom stereocenters. The highest BCUT2D eigenvalue weighted by atomic mass is 16.4. The summed E-state index contributed by atoms with van der Waals surface area (Å²) in [7, 11) is 1.91. The summed E-state index contributed by atoms with van der Waals surface area (Å²) >= 11 is 0. The van der Waals surface area contributed by atoms with Crippen LogP contribution in [0.3, 0.4) is 0 Å². The molecule has 0 radical (unpaired) electrons. The Bertz CT molecular complexity index is 940. The van der Waals surface area contributed by atoms with Crippen molar-refractivity contribution < 1.29 is 14.7 Å². The average molecular weight is 407 g/mol. The maximum Gasteiger partial charge on any atom is 0.335 e. The van der Waals surface area contributed by atoms with Crippen LogP contribution in [-0.4, -0.2) is 42.0 Å². The number of nitrogens with zero attached hydrogens (tertiary/aromatic N) is 1. The van der Waals surface area contributed by atoms with Gasteiger partial charge in [0.05, 0.1) is 5.56 Å². The number of amides is 1. The predicted molar refractivity (Wildman–Crippen MR) is 119 cm³/mol. The lowest BCUT2D eigenvalue weighted by molar-refractivity contribution is 0.0694. The number of piperidine rings is 1. The molecule has 1 aliphatic heterocycles. The number of carboxylic acids is 1. The van der Waals surface area contributed by atoms with Gasteiger partial charge in [-0.1, -0.05) is 24.6 Å². The molecule has 5 heteroatoms. The fraction of sp³-hybridized carbons (Fsp3) is 0.440. The zero-order valence-corrected chi connectivity index (χ0v) is 17.8. The van der Waals surface area contributed by atoms with E-state index in [0.29, 0.717) is 36.1 Å². The van der Waals surface area contributed by atoms with Crippen molar-refractivity contribution in [3.63, 3.8) is 0 Å². The number of carbonyl (C=O) groups excluding carboxylic acids is 1. The van der Waals surface area contributed by atoms with Crippen LogP contribution in [0.2, 0.25) is 0 Å². The molecule has 1 saturated carbocycles. The predicted octanol–water partition coefficient (Wildman–Crippen LogP) is 5.02. The smallest absolute Gasteiger partial charge is 0.335 e. The summed E-state index contributed by atoms with van der Waals surface area (Å²) < 4.78 is 0. The van der Waals surface area contributed by atoms with Gasteiger partial charge in [-0.3, -0.25) is 4.79 Å². The van der Waals surface area contributed by atoms with Crippen LogP contribution < -0.4 is 5.32 Å². The van der Waals surface area contributed by atoms with E-state index in [4.69, 9.17) is 0 Å². The van der Waals surface area contributed by atoms with Crippen LogP contribution in [0, 0.1) is 6.92 Å². The number of carboxylic acid groups (broad SMARTS) is 1. The molecule has 2 aromatic carbocycles. The number of hydrogen-bond donors (Lipinski definition) is 2. The first-order chi connectivity index (χ1) is 14.5. The molecular formula is C25H30N2O3. The van der Waals surface area contributed by atoms with Crippen LogP contribution in [0.15, 0.2) is 36.4 Å². The lowest BCUT2D eigenvalue weighted by Gasteiger charge is -2.33. The number of benzene rings is 2. The fourth-order valence-electron chi connectivity index (χ4n) is 4.71. The van der Waals surface area contributed by atoms with Crippen LogP contribution in [0.5, 0.6) is 0 Å². The van der Waals surface area contributed by atoms with Crippen LogP contribution in [0.1, 0.15) is 81.3 Å². The minimum absolute atomic E-state index is 0.0425. The lowest BCUT2D eigenvalue weighted by atomic mass is 9.77. The van der Waals surface area contributed by atoms with Crippen molar-refractivity contribution in [2.24, 2.45) is 0 Å². The van der Waals surface area contributed by atoms with E-state index in [1.807, 2.05) is 24.9 Å². The van der Waals surface area contributed by atoms with E-state index in [1.54, 1.807) is 6.07 Å². The Morgan fingerprint density at radius 3 is 2.17 bits per heavy atom. The summed E-state index contributed by atoms with van der Waals surface area (Å²) in [5.41, 5.74) is 5.03. The number of carbonyl (C=O) groups is 2. The van der Waals surface area contributed by atoms with E-state index in [-0.39, 0.29) is 5.91 Å². The minimum Gasteiger partial charge on any atom is -0.478 e. The van der Waals surface area contributed by atoms with Gasteiger partial charge in [-0.25, -0.2) is 4.79 Å². The second kappa shape index (κ2) is 8.50. The summed E-state index contributed by atoms with van der Waals surface area (Å²) in [5, 5.41) is 12.8. The summed E-state index contributed by atoms with van der Waals surface area (Å²) in [5.74, 6) is -0.200. The molecule has 2 N–H and O–H groups in total. The molecule has 0 spiro atoms. The Morgan fingerprint density at radius 2 is 1.63 bits per heavy atom. The Balaban J connectivity index is 1.48. The van der Waals surface area contributed by atoms with E-state index >= 15 is 0 Å². The Hall–Kier alpha value is -2.82. The molecule has 1 aliphatic carbocycles. The van der Waals surface area contributed by atoms with Crippen LogP contribution in [0.4, 0.5) is 5.69 Å². The number of aromatic carboxylic acids is 1. The lowest BCUT2D eigenvalue weighted by Crippen LogP contribution is -2.38. The van der Waals surface area contributed by atoms with E-state index < -0.39 is 5.97 Å². The third kappa shape index (κ3) is 3.93. The number of nitrogens with one attached hydrogen (secondary N) is 1. The fourth-order valence-corrected chi connectivity index (χ4v) is 4.71. The summed E-state index contributed by atoms with van der Waals surface area (Å²) in [6.45, 7) is 3.32. The maximum atomic E-state index is 13.2. The number of aryl methyl sites for hydroxylation is 1. The molecule has 0 aromatic heterocycles. The van der Waals surface area contributed by atoms with Gasteiger partial charge in [-0.2, -0.15) is 0 Å². The number of likely N-dealkylation sites (tertiary alicyclic amines) is 1. The largest absolute Gasteiger partial charge is 0.478 e. The monoisotopic (exact) mass is 406 g/mol. The molecular weight excluding hydrogens is 376 g/mol. The van der Waals surface area contributed by atoms with Gasteiger partial charge in [0, 0.05) is 31.4 Å². The first kappa shape index (κ1) is 20.5. The Kier molecular flexibility index (Phi) is 5.80. The second-order valence-electron chi connectivity index (χ2n) is 8.63. The highest BCUT2D eigenvalue weighted by molar-refractivity contribution is 5.99. The Labute approximate surface area is 178 Å². The molecule has 0 atom stereocenters. The van der Waals surface area contributed by atoms with Crippen LogP contribution >= 0.6 is 0 Å². The van der Waals surface area contributed by atoms with Crippen LogP contribution in [0.25, 0.3) is 0 Å².